The first-order valence-corrected chi connectivity index (χ1v) is 8.50. The van der Waals surface area contributed by atoms with Crippen LogP contribution in [-0.2, 0) is 4.79 Å². The molecule has 1 atom stereocenters. The third-order valence-corrected chi connectivity index (χ3v) is 3.88. The lowest BCUT2D eigenvalue weighted by Crippen LogP contribution is -1.94. The average molecular weight is 306 g/mol. The first-order valence-electron chi connectivity index (χ1n) is 8.50. The molecule has 0 spiro atoms. The van der Waals surface area contributed by atoms with Crippen LogP contribution in [0.2, 0.25) is 0 Å². The first kappa shape index (κ1) is 20.7. The van der Waals surface area contributed by atoms with Gasteiger partial charge in [0.1, 0.15) is 0 Å². The summed E-state index contributed by atoms with van der Waals surface area (Å²) in [6.07, 6.45) is 13.9. The van der Waals surface area contributed by atoms with E-state index in [4.69, 9.17) is 5.11 Å². The lowest BCUT2D eigenvalue weighted by atomic mass is 9.96. The predicted octanol–water partition coefficient (Wildman–Crippen LogP) is 6.30. The van der Waals surface area contributed by atoms with Crippen molar-refractivity contribution >= 4 is 5.97 Å². The van der Waals surface area contributed by atoms with E-state index in [1.54, 1.807) is 0 Å². The van der Waals surface area contributed by atoms with Gasteiger partial charge in [0.25, 0.3) is 0 Å². The van der Waals surface area contributed by atoms with Crippen LogP contribution < -0.4 is 0 Å². The molecular formula is C20H34O2. The summed E-state index contributed by atoms with van der Waals surface area (Å²) in [7, 11) is 0. The molecule has 22 heavy (non-hydrogen) atoms. The first-order chi connectivity index (χ1) is 10.3. The minimum Gasteiger partial charge on any atom is -0.478 e. The Balaban J connectivity index is 3.84. The van der Waals surface area contributed by atoms with E-state index in [9.17, 15) is 4.79 Å². The minimum atomic E-state index is -0.847. The van der Waals surface area contributed by atoms with E-state index in [2.05, 4.69) is 39.8 Å². The van der Waals surface area contributed by atoms with E-state index in [-0.39, 0.29) is 0 Å². The summed E-state index contributed by atoms with van der Waals surface area (Å²) < 4.78 is 0. The van der Waals surface area contributed by atoms with Crippen molar-refractivity contribution in [3.05, 3.63) is 34.9 Å². The van der Waals surface area contributed by atoms with Crippen LogP contribution in [0.3, 0.4) is 0 Å². The van der Waals surface area contributed by atoms with Gasteiger partial charge in [-0.05, 0) is 72.1 Å². The highest BCUT2D eigenvalue weighted by Gasteiger charge is 2.01. The van der Waals surface area contributed by atoms with Crippen LogP contribution in [0.5, 0.6) is 0 Å². The van der Waals surface area contributed by atoms with Gasteiger partial charge in [0, 0.05) is 6.08 Å². The number of carboxylic acid groups (broad SMARTS) is 1. The van der Waals surface area contributed by atoms with Crippen LogP contribution >= 0.6 is 0 Å². The molecule has 0 aliphatic heterocycles. The third kappa shape index (κ3) is 13.7. The van der Waals surface area contributed by atoms with E-state index < -0.39 is 5.97 Å². The van der Waals surface area contributed by atoms with Gasteiger partial charge in [0.05, 0.1) is 0 Å². The highest BCUT2D eigenvalue weighted by atomic mass is 16.4. The molecule has 0 bridgehead atoms. The summed E-state index contributed by atoms with van der Waals surface area (Å²) in [4.78, 5) is 10.5. The monoisotopic (exact) mass is 306 g/mol. The molecule has 0 aliphatic rings. The largest absolute Gasteiger partial charge is 0.478 e. The summed E-state index contributed by atoms with van der Waals surface area (Å²) in [6, 6.07) is 0. The Morgan fingerprint density at radius 3 is 2.23 bits per heavy atom. The molecule has 0 saturated heterocycles. The van der Waals surface area contributed by atoms with Crippen molar-refractivity contribution in [1.29, 1.82) is 0 Å². The summed E-state index contributed by atoms with van der Waals surface area (Å²) in [6.45, 7) is 10.7. The van der Waals surface area contributed by atoms with Crippen LogP contribution in [0, 0.1) is 5.92 Å². The minimum absolute atomic E-state index is 0.796. The maximum absolute atomic E-state index is 10.5. The number of aliphatic carboxylic acids is 1. The molecule has 2 nitrogen and oxygen atoms in total. The lowest BCUT2D eigenvalue weighted by Gasteiger charge is -2.10. The molecule has 0 rings (SSSR count). The second-order valence-electron chi connectivity index (χ2n) is 6.77. The number of hydrogen-bond donors (Lipinski definition) is 1. The number of hydrogen-bond acceptors (Lipinski definition) is 1. The second kappa shape index (κ2) is 12.3. The summed E-state index contributed by atoms with van der Waals surface area (Å²) in [5.41, 5.74) is 3.78. The quantitative estimate of drug-likeness (QED) is 0.359. The number of carboxylic acids is 1. The van der Waals surface area contributed by atoms with Crippen molar-refractivity contribution in [1.82, 2.24) is 0 Å². The molecule has 0 heterocycles. The molecule has 0 aliphatic carbocycles. The molecule has 0 amide bonds. The Morgan fingerprint density at radius 2 is 1.64 bits per heavy atom. The van der Waals surface area contributed by atoms with Crippen molar-refractivity contribution in [3.8, 4) is 0 Å². The molecular weight excluding hydrogens is 272 g/mol. The van der Waals surface area contributed by atoms with Gasteiger partial charge in [-0.25, -0.2) is 4.79 Å². The zero-order valence-electron chi connectivity index (χ0n) is 15.1. The molecule has 0 unspecified atom stereocenters. The number of carbonyl (C=O) groups is 1. The molecule has 2 heteroatoms. The van der Waals surface area contributed by atoms with E-state index in [0.29, 0.717) is 0 Å². The van der Waals surface area contributed by atoms with Gasteiger partial charge in [-0.1, -0.05) is 42.2 Å². The molecule has 1 N–H and O–H groups in total. The van der Waals surface area contributed by atoms with Gasteiger partial charge in [-0.3, -0.25) is 0 Å². The molecule has 0 aromatic carbocycles. The van der Waals surface area contributed by atoms with Crippen molar-refractivity contribution < 1.29 is 9.90 Å². The average Bonchev–Trinajstić information content (AvgIpc) is 2.37. The highest BCUT2D eigenvalue weighted by Crippen LogP contribution is 2.18. The summed E-state index contributed by atoms with van der Waals surface area (Å²) in [5, 5.41) is 8.66. The number of allylic oxidation sites excluding steroid dienone is 5. The molecule has 0 aromatic heterocycles. The Morgan fingerprint density at radius 1 is 0.955 bits per heavy atom. The Bertz CT molecular complexity index is 409. The predicted molar refractivity (Wildman–Crippen MR) is 96.1 cm³/mol. The molecule has 0 saturated carbocycles. The van der Waals surface area contributed by atoms with Gasteiger partial charge in [-0.15, -0.1) is 0 Å². The van der Waals surface area contributed by atoms with Crippen LogP contribution in [0.25, 0.3) is 0 Å². The second-order valence-corrected chi connectivity index (χ2v) is 6.77. The SMILES string of the molecule is CC(C)=CCC[C@@H](C)CCC/C(C)=C/CC/C(C)=C/C(=O)O. The fourth-order valence-corrected chi connectivity index (χ4v) is 2.46. The molecule has 0 radical (unpaired) electrons. The molecule has 0 aromatic rings. The van der Waals surface area contributed by atoms with Gasteiger partial charge in [0.2, 0.25) is 0 Å². The Labute approximate surface area is 137 Å². The summed E-state index contributed by atoms with van der Waals surface area (Å²) >= 11 is 0. The van der Waals surface area contributed by atoms with Crippen LogP contribution in [0.1, 0.15) is 79.6 Å². The zero-order valence-corrected chi connectivity index (χ0v) is 15.1. The lowest BCUT2D eigenvalue weighted by molar-refractivity contribution is -0.131. The van der Waals surface area contributed by atoms with Crippen molar-refractivity contribution in [3.63, 3.8) is 0 Å². The fraction of sp³-hybridized carbons (Fsp3) is 0.650. The van der Waals surface area contributed by atoms with Crippen LogP contribution in [0.15, 0.2) is 34.9 Å². The maximum Gasteiger partial charge on any atom is 0.328 e. The van der Waals surface area contributed by atoms with Gasteiger partial charge in [-0.2, -0.15) is 0 Å². The standard InChI is InChI=1S/C20H34O2/c1-16(2)9-6-10-17(3)11-7-12-18(4)13-8-14-19(5)15-20(21)22/h9,13,15,17H,6-8,10-12,14H2,1-5H3,(H,21,22)/b18-13+,19-15+/t17-/m1/s1. The normalized spacial score (nSPS) is 13.9. The number of rotatable bonds is 11. The van der Waals surface area contributed by atoms with Crippen molar-refractivity contribution in [2.24, 2.45) is 5.92 Å². The topological polar surface area (TPSA) is 37.3 Å². The smallest absolute Gasteiger partial charge is 0.328 e. The van der Waals surface area contributed by atoms with Gasteiger partial charge in [0.15, 0.2) is 0 Å². The van der Waals surface area contributed by atoms with Crippen molar-refractivity contribution in [2.45, 2.75) is 79.6 Å². The van der Waals surface area contributed by atoms with Crippen molar-refractivity contribution in [2.75, 3.05) is 0 Å². The van der Waals surface area contributed by atoms with E-state index >= 15 is 0 Å². The molecule has 0 fully saturated rings. The van der Waals surface area contributed by atoms with Crippen LogP contribution in [-0.4, -0.2) is 11.1 Å². The van der Waals surface area contributed by atoms with Gasteiger partial charge < -0.3 is 5.11 Å². The fourth-order valence-electron chi connectivity index (χ4n) is 2.46. The Kier molecular flexibility index (Phi) is 11.5. The Hall–Kier alpha value is -1.31. The highest BCUT2D eigenvalue weighted by molar-refractivity contribution is 5.80. The summed E-state index contributed by atoms with van der Waals surface area (Å²) in [5.74, 6) is -0.0514. The van der Waals surface area contributed by atoms with Gasteiger partial charge >= 0.3 is 5.97 Å². The zero-order chi connectivity index (χ0) is 17.0. The van der Waals surface area contributed by atoms with E-state index in [1.165, 1.54) is 42.9 Å². The van der Waals surface area contributed by atoms with Crippen LogP contribution in [0.4, 0.5) is 0 Å². The van der Waals surface area contributed by atoms with E-state index in [1.807, 2.05) is 6.92 Å². The van der Waals surface area contributed by atoms with E-state index in [0.717, 1.165) is 30.8 Å². The third-order valence-electron chi connectivity index (χ3n) is 3.88. The maximum atomic E-state index is 10.5. The molecule has 126 valence electrons.